The average molecular weight is 1160 g/mol. The van der Waals surface area contributed by atoms with Gasteiger partial charge in [-0.25, -0.2) is 9.97 Å². The van der Waals surface area contributed by atoms with Crippen molar-refractivity contribution in [2.24, 2.45) is 0 Å². The van der Waals surface area contributed by atoms with Crippen LogP contribution in [-0.2, 0) is 0 Å². The van der Waals surface area contributed by atoms with Crippen molar-refractivity contribution in [2.75, 3.05) is 0 Å². The summed E-state index contributed by atoms with van der Waals surface area (Å²) in [7, 11) is 0. The molecule has 0 aliphatic rings. The number of nitrogens with zero attached hydrogens (tertiary/aromatic N) is 7. The molecular weight excluding hydrogens is 1110 g/mol. The van der Waals surface area contributed by atoms with Gasteiger partial charge < -0.3 is 13.7 Å². The van der Waals surface area contributed by atoms with Crippen LogP contribution in [0.25, 0.3) is 161 Å². The third-order valence-corrected chi connectivity index (χ3v) is 17.9. The molecule has 422 valence electrons. The van der Waals surface area contributed by atoms with E-state index in [4.69, 9.17) is 9.97 Å². The minimum absolute atomic E-state index is 0.609. The topological polar surface area (TPSA) is 88.2 Å². The Bertz CT molecular complexity index is 5350. The van der Waals surface area contributed by atoms with E-state index < -0.39 is 0 Å². The third-order valence-electron chi connectivity index (χ3n) is 17.9. The Morgan fingerprint density at radius 1 is 0.242 bits per heavy atom. The van der Waals surface area contributed by atoms with Gasteiger partial charge in [-0.2, -0.15) is 10.5 Å². The number of fused-ring (bicyclic) bond motifs is 9. The second kappa shape index (κ2) is 21.6. The lowest BCUT2D eigenvalue weighted by molar-refractivity contribution is 1.16. The third kappa shape index (κ3) is 8.96. The fraction of sp³-hybridized carbons (Fsp3) is 0. The Balaban J connectivity index is 0.972. The van der Waals surface area contributed by atoms with Gasteiger partial charge in [-0.1, -0.05) is 194 Å². The van der Waals surface area contributed by atoms with Crippen molar-refractivity contribution in [3.63, 3.8) is 0 Å². The first-order valence-corrected chi connectivity index (χ1v) is 30.5. The van der Waals surface area contributed by atoms with Crippen molar-refractivity contribution in [3.05, 3.63) is 321 Å². The van der Waals surface area contributed by atoms with Crippen molar-refractivity contribution in [1.29, 1.82) is 10.5 Å². The standard InChI is InChI=1S/C84H51N7/c85-52-54-27-31-56(32-28-54)62-39-45-81-73(47-62)74-48-63(57-33-29-55(53-86)30-34-57)40-46-82(74)91(81)83-71(58-35-41-65(42-36-58)89-77-23-11-7-19-67(77)68-20-8-12-24-78(68)89)49-64(76-51-75(60-15-3-1-4-16-60)87-84(88-76)61-17-5-2-6-18-61)50-72(83)59-37-43-66(44-38-59)90-79-25-13-9-21-69(79)70-22-10-14-26-80(70)90/h1-51H. The number of hydrogen-bond donors (Lipinski definition) is 0. The van der Waals surface area contributed by atoms with Crippen LogP contribution in [0.2, 0.25) is 0 Å². The highest BCUT2D eigenvalue weighted by molar-refractivity contribution is 6.14. The minimum Gasteiger partial charge on any atom is -0.309 e. The molecule has 4 heterocycles. The summed E-state index contributed by atoms with van der Waals surface area (Å²) in [6.45, 7) is 0. The SMILES string of the molecule is N#Cc1ccc(-c2ccc3c(c2)c2cc(-c4ccc(C#N)cc4)ccc2n3-c2c(-c3ccc(-n4c5ccccc5c5ccccc54)cc3)cc(-c3cc(-c4ccccc4)nc(-c4ccccc4)n3)cc2-c2ccc(-n3c4ccccc4c4ccccc43)cc2)cc1. The molecule has 0 radical (unpaired) electrons. The van der Waals surface area contributed by atoms with Crippen molar-refractivity contribution >= 4 is 65.4 Å². The van der Waals surface area contributed by atoms with E-state index >= 15 is 0 Å². The normalized spacial score (nSPS) is 11.5. The molecule has 4 aromatic heterocycles. The molecule has 0 atom stereocenters. The predicted molar refractivity (Wildman–Crippen MR) is 373 cm³/mol. The molecule has 0 bridgehead atoms. The maximum Gasteiger partial charge on any atom is 0.160 e. The zero-order valence-electron chi connectivity index (χ0n) is 49.1. The van der Waals surface area contributed by atoms with E-state index in [-0.39, 0.29) is 0 Å². The van der Waals surface area contributed by atoms with E-state index in [9.17, 15) is 10.5 Å². The molecule has 0 N–H and O–H groups in total. The number of para-hydroxylation sites is 4. The summed E-state index contributed by atoms with van der Waals surface area (Å²) < 4.78 is 7.21. The zero-order chi connectivity index (χ0) is 60.5. The molecule has 0 aliphatic heterocycles. The van der Waals surface area contributed by atoms with Crippen LogP contribution in [0.3, 0.4) is 0 Å². The molecule has 0 fully saturated rings. The predicted octanol–water partition coefficient (Wildman–Crippen LogP) is 21.2. The van der Waals surface area contributed by atoms with Crippen molar-refractivity contribution < 1.29 is 0 Å². The molecule has 91 heavy (non-hydrogen) atoms. The molecule has 0 amide bonds. The van der Waals surface area contributed by atoms with Crippen LogP contribution in [0.4, 0.5) is 0 Å². The van der Waals surface area contributed by atoms with Crippen LogP contribution < -0.4 is 0 Å². The Morgan fingerprint density at radius 2 is 0.582 bits per heavy atom. The lowest BCUT2D eigenvalue weighted by Gasteiger charge is -2.22. The van der Waals surface area contributed by atoms with Gasteiger partial charge in [0.2, 0.25) is 0 Å². The molecule has 0 aliphatic carbocycles. The van der Waals surface area contributed by atoms with Gasteiger partial charge in [-0.15, -0.1) is 0 Å². The monoisotopic (exact) mass is 1160 g/mol. The highest BCUT2D eigenvalue weighted by atomic mass is 15.0. The van der Waals surface area contributed by atoms with Crippen LogP contribution >= 0.6 is 0 Å². The first-order valence-electron chi connectivity index (χ1n) is 30.5. The van der Waals surface area contributed by atoms with Gasteiger partial charge in [-0.3, -0.25) is 0 Å². The zero-order valence-corrected chi connectivity index (χ0v) is 49.1. The molecule has 13 aromatic carbocycles. The summed E-state index contributed by atoms with van der Waals surface area (Å²) >= 11 is 0. The van der Waals surface area contributed by atoms with Gasteiger partial charge in [0.05, 0.1) is 73.4 Å². The molecule has 0 saturated heterocycles. The lowest BCUT2D eigenvalue weighted by Crippen LogP contribution is -2.03. The molecule has 7 nitrogen and oxygen atoms in total. The molecular formula is C84H51N7. The van der Waals surface area contributed by atoms with E-state index in [0.717, 1.165) is 134 Å². The summed E-state index contributed by atoms with van der Waals surface area (Å²) in [6, 6.07) is 114. The summed E-state index contributed by atoms with van der Waals surface area (Å²) in [4.78, 5) is 10.8. The fourth-order valence-corrected chi connectivity index (χ4v) is 13.6. The van der Waals surface area contributed by atoms with E-state index in [1.165, 1.54) is 21.5 Å². The van der Waals surface area contributed by atoms with Crippen LogP contribution in [0.5, 0.6) is 0 Å². The smallest absolute Gasteiger partial charge is 0.160 e. The molecule has 17 rings (SSSR count). The number of nitriles is 2. The molecule has 0 unspecified atom stereocenters. The van der Waals surface area contributed by atoms with Crippen LogP contribution in [-0.4, -0.2) is 23.7 Å². The van der Waals surface area contributed by atoms with Gasteiger partial charge >= 0.3 is 0 Å². The largest absolute Gasteiger partial charge is 0.309 e. The first kappa shape index (κ1) is 52.6. The van der Waals surface area contributed by atoms with Gasteiger partial charge in [-0.05, 0) is 149 Å². The second-order valence-corrected chi connectivity index (χ2v) is 23.1. The maximum atomic E-state index is 9.82. The quantitative estimate of drug-likeness (QED) is 0.136. The molecule has 17 aromatic rings. The van der Waals surface area contributed by atoms with E-state index in [0.29, 0.717) is 17.0 Å². The van der Waals surface area contributed by atoms with Crippen LogP contribution in [0.1, 0.15) is 11.1 Å². The molecule has 7 heteroatoms. The van der Waals surface area contributed by atoms with Crippen molar-refractivity contribution in [3.8, 4) is 108 Å². The first-order chi connectivity index (χ1) is 45.0. The second-order valence-electron chi connectivity index (χ2n) is 23.1. The molecule has 0 saturated carbocycles. The van der Waals surface area contributed by atoms with Gasteiger partial charge in [0, 0.05) is 71.5 Å². The van der Waals surface area contributed by atoms with E-state index in [1.54, 1.807) is 0 Å². The van der Waals surface area contributed by atoms with E-state index in [2.05, 4.69) is 262 Å². The Hall–Kier alpha value is -12.7. The Labute approximate surface area is 524 Å². The fourth-order valence-electron chi connectivity index (χ4n) is 13.6. The average Bonchev–Trinajstić information content (AvgIpc) is 1.66. The minimum atomic E-state index is 0.609. The Kier molecular flexibility index (Phi) is 12.5. The lowest BCUT2D eigenvalue weighted by atomic mass is 9.91. The number of aromatic nitrogens is 5. The Morgan fingerprint density at radius 3 is 0.989 bits per heavy atom. The summed E-state index contributed by atoms with van der Waals surface area (Å²) in [5.41, 5.74) is 23.5. The van der Waals surface area contributed by atoms with Gasteiger partial charge in [0.25, 0.3) is 0 Å². The summed E-state index contributed by atoms with van der Waals surface area (Å²) in [6.07, 6.45) is 0. The number of benzene rings is 13. The van der Waals surface area contributed by atoms with E-state index in [1.807, 2.05) is 72.8 Å². The highest BCUT2D eigenvalue weighted by Gasteiger charge is 2.25. The summed E-state index contributed by atoms with van der Waals surface area (Å²) in [5, 5.41) is 26.6. The summed E-state index contributed by atoms with van der Waals surface area (Å²) in [5.74, 6) is 0.633. The number of rotatable bonds is 10. The van der Waals surface area contributed by atoms with Crippen molar-refractivity contribution in [2.45, 2.75) is 0 Å². The number of hydrogen-bond acceptors (Lipinski definition) is 4. The molecule has 0 spiro atoms. The van der Waals surface area contributed by atoms with Crippen LogP contribution in [0, 0.1) is 22.7 Å². The van der Waals surface area contributed by atoms with Gasteiger partial charge in [0.15, 0.2) is 5.82 Å². The van der Waals surface area contributed by atoms with Crippen molar-refractivity contribution in [1.82, 2.24) is 23.7 Å². The van der Waals surface area contributed by atoms with Crippen LogP contribution in [0.15, 0.2) is 309 Å². The maximum absolute atomic E-state index is 9.82. The van der Waals surface area contributed by atoms with Gasteiger partial charge in [0.1, 0.15) is 0 Å². The highest BCUT2D eigenvalue weighted by Crippen LogP contribution is 2.47.